The molecule has 1 aliphatic heterocycles. The Labute approximate surface area is 120 Å². The van der Waals surface area contributed by atoms with Gasteiger partial charge < -0.3 is 14.7 Å². The number of likely N-dealkylation sites (tertiary alicyclic amines) is 1. The molecule has 0 spiro atoms. The summed E-state index contributed by atoms with van der Waals surface area (Å²) in [5, 5.41) is 9.71. The predicted molar refractivity (Wildman–Crippen MR) is 75.1 cm³/mol. The van der Waals surface area contributed by atoms with Crippen LogP contribution in [0.2, 0.25) is 0 Å². The second kappa shape index (κ2) is 7.04. The summed E-state index contributed by atoms with van der Waals surface area (Å²) in [6.07, 6.45) is -0.262. The molecule has 0 aromatic carbocycles. The summed E-state index contributed by atoms with van der Waals surface area (Å²) in [5.41, 5.74) is 0. The molecule has 0 bridgehead atoms. The summed E-state index contributed by atoms with van der Waals surface area (Å²) in [4.78, 5) is 27.6. The van der Waals surface area contributed by atoms with Crippen molar-refractivity contribution >= 4 is 11.9 Å². The van der Waals surface area contributed by atoms with Crippen LogP contribution in [0.4, 0.5) is 0 Å². The number of aliphatic hydroxyl groups excluding tert-OH is 1. The Bertz CT molecular complexity index is 349. The molecule has 1 N–H and O–H groups in total. The van der Waals surface area contributed by atoms with E-state index in [4.69, 9.17) is 4.74 Å². The Morgan fingerprint density at radius 3 is 2.30 bits per heavy atom. The molecule has 0 aliphatic carbocycles. The van der Waals surface area contributed by atoms with Crippen LogP contribution in [-0.2, 0) is 14.3 Å². The fourth-order valence-corrected chi connectivity index (χ4v) is 2.86. The van der Waals surface area contributed by atoms with Crippen LogP contribution in [0.25, 0.3) is 0 Å². The van der Waals surface area contributed by atoms with Crippen molar-refractivity contribution in [1.29, 1.82) is 0 Å². The lowest BCUT2D eigenvalue weighted by Gasteiger charge is -2.33. The number of methoxy groups -OCH3 is 1. The predicted octanol–water partition coefficient (Wildman–Crippen LogP) is 0.240. The van der Waals surface area contributed by atoms with E-state index in [0.29, 0.717) is 13.0 Å². The number of esters is 1. The molecule has 0 aromatic rings. The molecule has 1 rings (SSSR count). The van der Waals surface area contributed by atoms with Crippen LogP contribution < -0.4 is 0 Å². The van der Waals surface area contributed by atoms with Crippen molar-refractivity contribution in [2.24, 2.45) is 0 Å². The molecular weight excluding hydrogens is 260 g/mol. The highest BCUT2D eigenvalue weighted by molar-refractivity contribution is 5.81. The van der Waals surface area contributed by atoms with Crippen LogP contribution in [0.5, 0.6) is 0 Å². The summed E-state index contributed by atoms with van der Waals surface area (Å²) in [6.45, 7) is 8.33. The van der Waals surface area contributed by atoms with Crippen LogP contribution >= 0.6 is 0 Å². The first-order chi connectivity index (χ1) is 9.27. The van der Waals surface area contributed by atoms with Crippen LogP contribution in [-0.4, -0.2) is 71.2 Å². The number of carbonyl (C=O) groups is 2. The summed E-state index contributed by atoms with van der Waals surface area (Å²) in [5.74, 6) is -0.423. The lowest BCUT2D eigenvalue weighted by Crippen LogP contribution is -2.49. The zero-order valence-corrected chi connectivity index (χ0v) is 13.0. The molecular formula is C14H26N2O4. The normalized spacial score (nSPS) is 23.4. The van der Waals surface area contributed by atoms with E-state index in [2.05, 4.69) is 0 Å². The van der Waals surface area contributed by atoms with Crippen molar-refractivity contribution < 1.29 is 19.4 Å². The lowest BCUT2D eigenvalue weighted by molar-refractivity contribution is -0.147. The molecule has 0 saturated carbocycles. The average Bonchev–Trinajstić information content (AvgIpc) is 2.68. The number of hydrogen-bond acceptors (Lipinski definition) is 5. The molecule has 1 heterocycles. The first-order valence-corrected chi connectivity index (χ1v) is 7.09. The fourth-order valence-electron chi connectivity index (χ4n) is 2.86. The highest BCUT2D eigenvalue weighted by atomic mass is 16.5. The Kier molecular flexibility index (Phi) is 5.95. The van der Waals surface area contributed by atoms with Gasteiger partial charge in [0.25, 0.3) is 0 Å². The van der Waals surface area contributed by atoms with Gasteiger partial charge in [-0.3, -0.25) is 14.5 Å². The van der Waals surface area contributed by atoms with E-state index in [9.17, 15) is 14.7 Å². The Morgan fingerprint density at radius 1 is 1.30 bits per heavy atom. The summed E-state index contributed by atoms with van der Waals surface area (Å²) in [7, 11) is 1.32. The highest BCUT2D eigenvalue weighted by Crippen LogP contribution is 2.19. The van der Waals surface area contributed by atoms with Crippen molar-refractivity contribution in [2.45, 2.75) is 58.3 Å². The Hall–Kier alpha value is -1.14. The topological polar surface area (TPSA) is 70.1 Å². The van der Waals surface area contributed by atoms with Crippen molar-refractivity contribution in [3.8, 4) is 0 Å². The SMILES string of the molecule is COC(=O)C1CC(O)CN1CC(=O)N(C(C)C)C(C)C. The van der Waals surface area contributed by atoms with Gasteiger partial charge in [0.15, 0.2) is 0 Å². The maximum atomic E-state index is 12.4. The van der Waals surface area contributed by atoms with Gasteiger partial charge in [0.1, 0.15) is 6.04 Å². The minimum absolute atomic E-state index is 0.0296. The molecule has 6 nitrogen and oxygen atoms in total. The van der Waals surface area contributed by atoms with E-state index in [0.717, 1.165) is 0 Å². The van der Waals surface area contributed by atoms with E-state index in [-0.39, 0.29) is 24.5 Å². The minimum atomic E-state index is -0.585. The number of hydrogen-bond donors (Lipinski definition) is 1. The zero-order chi connectivity index (χ0) is 15.4. The van der Waals surface area contributed by atoms with Gasteiger partial charge in [-0.15, -0.1) is 0 Å². The molecule has 1 fully saturated rings. The van der Waals surface area contributed by atoms with Crippen molar-refractivity contribution in [1.82, 2.24) is 9.80 Å². The standard InChI is InChI=1S/C14H26N2O4/c1-9(2)16(10(3)4)13(18)8-15-7-11(17)6-12(15)14(19)20-5/h9-12,17H,6-8H2,1-5H3. The molecule has 1 amide bonds. The maximum Gasteiger partial charge on any atom is 0.323 e. The fraction of sp³-hybridized carbons (Fsp3) is 0.857. The molecule has 0 aromatic heterocycles. The highest BCUT2D eigenvalue weighted by Gasteiger charge is 2.38. The van der Waals surface area contributed by atoms with Crippen molar-refractivity contribution in [3.63, 3.8) is 0 Å². The second-order valence-corrected chi connectivity index (χ2v) is 5.85. The van der Waals surface area contributed by atoms with Gasteiger partial charge in [-0.25, -0.2) is 0 Å². The van der Waals surface area contributed by atoms with Crippen LogP contribution in [0.15, 0.2) is 0 Å². The first-order valence-electron chi connectivity index (χ1n) is 7.09. The minimum Gasteiger partial charge on any atom is -0.468 e. The summed E-state index contributed by atoms with van der Waals surface area (Å²) >= 11 is 0. The number of aliphatic hydroxyl groups is 1. The molecule has 6 heteroatoms. The Morgan fingerprint density at radius 2 is 1.85 bits per heavy atom. The molecule has 2 unspecified atom stereocenters. The monoisotopic (exact) mass is 286 g/mol. The second-order valence-electron chi connectivity index (χ2n) is 5.85. The van der Waals surface area contributed by atoms with E-state index in [1.54, 1.807) is 9.80 Å². The molecule has 116 valence electrons. The smallest absolute Gasteiger partial charge is 0.323 e. The molecule has 1 saturated heterocycles. The van der Waals surface area contributed by atoms with Gasteiger partial charge in [-0.1, -0.05) is 0 Å². The van der Waals surface area contributed by atoms with E-state index in [1.807, 2.05) is 27.7 Å². The lowest BCUT2D eigenvalue weighted by atomic mass is 10.2. The van der Waals surface area contributed by atoms with Crippen LogP contribution in [0, 0.1) is 0 Å². The number of amides is 1. The van der Waals surface area contributed by atoms with Gasteiger partial charge in [0.2, 0.25) is 5.91 Å². The summed E-state index contributed by atoms with van der Waals surface area (Å²) < 4.78 is 4.73. The third-order valence-corrected chi connectivity index (χ3v) is 3.59. The molecule has 2 atom stereocenters. The number of nitrogens with zero attached hydrogens (tertiary/aromatic N) is 2. The van der Waals surface area contributed by atoms with Crippen molar-refractivity contribution in [3.05, 3.63) is 0 Å². The summed E-state index contributed by atoms with van der Waals surface area (Å²) in [6, 6.07) is -0.321. The maximum absolute atomic E-state index is 12.4. The van der Waals surface area contributed by atoms with Gasteiger partial charge >= 0.3 is 5.97 Å². The van der Waals surface area contributed by atoms with Gasteiger partial charge in [0, 0.05) is 25.0 Å². The van der Waals surface area contributed by atoms with E-state index < -0.39 is 18.1 Å². The first kappa shape index (κ1) is 16.9. The van der Waals surface area contributed by atoms with Crippen LogP contribution in [0.3, 0.4) is 0 Å². The van der Waals surface area contributed by atoms with Gasteiger partial charge in [-0.05, 0) is 27.7 Å². The average molecular weight is 286 g/mol. The number of carbonyl (C=O) groups excluding carboxylic acids is 2. The number of β-amino-alcohol motifs (C(OH)–C–C–N with tert-alkyl or cyclic N) is 1. The molecule has 20 heavy (non-hydrogen) atoms. The third-order valence-electron chi connectivity index (χ3n) is 3.59. The van der Waals surface area contributed by atoms with Gasteiger partial charge in [0.05, 0.1) is 19.8 Å². The molecule has 1 aliphatic rings. The van der Waals surface area contributed by atoms with E-state index >= 15 is 0 Å². The zero-order valence-electron chi connectivity index (χ0n) is 13.0. The van der Waals surface area contributed by atoms with E-state index in [1.165, 1.54) is 7.11 Å². The largest absolute Gasteiger partial charge is 0.468 e. The third kappa shape index (κ3) is 3.93. The van der Waals surface area contributed by atoms with Crippen molar-refractivity contribution in [2.75, 3.05) is 20.2 Å². The Balaban J connectivity index is 2.74. The number of ether oxygens (including phenoxy) is 1. The molecule has 0 radical (unpaired) electrons. The quantitative estimate of drug-likeness (QED) is 0.733. The number of rotatable bonds is 5. The van der Waals surface area contributed by atoms with Crippen LogP contribution in [0.1, 0.15) is 34.1 Å². The van der Waals surface area contributed by atoms with Gasteiger partial charge in [-0.2, -0.15) is 0 Å².